The number of carbonyl (C=O) groups excluding carboxylic acids is 1. The molecule has 0 aliphatic rings. The van der Waals surface area contributed by atoms with Crippen molar-refractivity contribution in [3.63, 3.8) is 0 Å². The van der Waals surface area contributed by atoms with E-state index in [1.807, 2.05) is 26.8 Å². The van der Waals surface area contributed by atoms with Gasteiger partial charge in [-0.15, -0.1) is 0 Å². The van der Waals surface area contributed by atoms with E-state index in [-0.39, 0.29) is 10.8 Å². The van der Waals surface area contributed by atoms with E-state index in [4.69, 9.17) is 11.6 Å². The number of hydrogen-bond acceptors (Lipinski definition) is 3. The number of anilines is 1. The summed E-state index contributed by atoms with van der Waals surface area (Å²) in [4.78, 5) is 12.5. The molecule has 2 rings (SSSR count). The van der Waals surface area contributed by atoms with Gasteiger partial charge in [0.15, 0.2) is 0 Å². The average molecular weight is 381 g/mol. The Hall–Kier alpha value is -1.89. The lowest BCUT2D eigenvalue weighted by atomic mass is 10.1. The largest absolute Gasteiger partial charge is 0.320 e. The van der Waals surface area contributed by atoms with E-state index in [9.17, 15) is 13.2 Å². The van der Waals surface area contributed by atoms with Gasteiger partial charge in [-0.1, -0.05) is 24.6 Å². The molecule has 2 aromatic rings. The molecule has 7 heteroatoms. The normalized spacial score (nSPS) is 11.4. The van der Waals surface area contributed by atoms with Crippen LogP contribution in [-0.2, 0) is 10.0 Å². The Morgan fingerprint density at radius 3 is 2.32 bits per heavy atom. The predicted octanol–water partition coefficient (Wildman–Crippen LogP) is 3.90. The van der Waals surface area contributed by atoms with Gasteiger partial charge in [0.1, 0.15) is 0 Å². The summed E-state index contributed by atoms with van der Waals surface area (Å²) in [7, 11) is -3.54. The van der Waals surface area contributed by atoms with Crippen molar-refractivity contribution in [2.45, 2.75) is 32.1 Å². The molecule has 0 unspecified atom stereocenters. The topological polar surface area (TPSA) is 75.3 Å². The predicted molar refractivity (Wildman–Crippen MR) is 101 cm³/mol. The minimum Gasteiger partial charge on any atom is -0.320 e. The van der Waals surface area contributed by atoms with Crippen molar-refractivity contribution >= 4 is 33.2 Å². The van der Waals surface area contributed by atoms with E-state index in [2.05, 4.69) is 10.0 Å². The van der Waals surface area contributed by atoms with Crippen molar-refractivity contribution in [1.29, 1.82) is 0 Å². The number of nitrogens with one attached hydrogen (secondary N) is 2. The van der Waals surface area contributed by atoms with E-state index in [1.54, 1.807) is 6.07 Å². The SMILES string of the molecule is CCCNS(=O)(=O)c1ccc(C(=O)Nc2c(C)cc(C)cc2Cl)cc1. The van der Waals surface area contributed by atoms with E-state index >= 15 is 0 Å². The van der Waals surface area contributed by atoms with Gasteiger partial charge >= 0.3 is 0 Å². The highest BCUT2D eigenvalue weighted by Crippen LogP contribution is 2.27. The van der Waals surface area contributed by atoms with Crippen LogP contribution in [0.3, 0.4) is 0 Å². The smallest absolute Gasteiger partial charge is 0.255 e. The maximum absolute atomic E-state index is 12.4. The molecule has 0 aliphatic heterocycles. The summed E-state index contributed by atoms with van der Waals surface area (Å²) in [5.74, 6) is -0.348. The summed E-state index contributed by atoms with van der Waals surface area (Å²) >= 11 is 6.20. The fourth-order valence-corrected chi connectivity index (χ4v) is 3.87. The van der Waals surface area contributed by atoms with Gasteiger partial charge in [-0.2, -0.15) is 0 Å². The highest BCUT2D eigenvalue weighted by atomic mass is 35.5. The third-order valence-corrected chi connectivity index (χ3v) is 5.41. The van der Waals surface area contributed by atoms with Crippen LogP contribution in [0.2, 0.25) is 5.02 Å². The second kappa shape index (κ2) is 7.99. The van der Waals surface area contributed by atoms with E-state index in [0.29, 0.717) is 29.2 Å². The van der Waals surface area contributed by atoms with Crippen molar-refractivity contribution in [3.8, 4) is 0 Å². The molecule has 0 fully saturated rings. The van der Waals surface area contributed by atoms with Crippen LogP contribution in [0.1, 0.15) is 34.8 Å². The Morgan fingerprint density at radius 2 is 1.76 bits per heavy atom. The highest BCUT2D eigenvalue weighted by molar-refractivity contribution is 7.89. The first-order valence-electron chi connectivity index (χ1n) is 7.92. The van der Waals surface area contributed by atoms with Gasteiger partial charge in [-0.05, 0) is 61.7 Å². The van der Waals surface area contributed by atoms with Crippen LogP contribution in [0.15, 0.2) is 41.3 Å². The Bertz CT molecular complexity index is 855. The molecule has 0 aliphatic carbocycles. The average Bonchev–Trinajstić information content (AvgIpc) is 2.56. The molecule has 2 N–H and O–H groups in total. The van der Waals surface area contributed by atoms with Gasteiger partial charge in [0.05, 0.1) is 15.6 Å². The molecule has 25 heavy (non-hydrogen) atoms. The zero-order chi connectivity index (χ0) is 18.6. The maximum Gasteiger partial charge on any atom is 0.255 e. The Morgan fingerprint density at radius 1 is 1.12 bits per heavy atom. The van der Waals surface area contributed by atoms with Crippen molar-refractivity contribution in [2.24, 2.45) is 0 Å². The summed E-state index contributed by atoms with van der Waals surface area (Å²) in [6.07, 6.45) is 0.705. The molecule has 0 spiro atoms. The number of benzene rings is 2. The number of rotatable bonds is 6. The summed E-state index contributed by atoms with van der Waals surface area (Å²) in [5.41, 5.74) is 2.78. The summed E-state index contributed by atoms with van der Waals surface area (Å²) in [6, 6.07) is 9.49. The number of aryl methyl sites for hydroxylation is 2. The van der Waals surface area contributed by atoms with Crippen molar-refractivity contribution in [3.05, 3.63) is 58.1 Å². The van der Waals surface area contributed by atoms with Crippen LogP contribution < -0.4 is 10.0 Å². The minimum absolute atomic E-state index is 0.127. The Kier molecular flexibility index (Phi) is 6.21. The Balaban J connectivity index is 2.19. The van der Waals surface area contributed by atoms with Crippen LogP contribution in [0.5, 0.6) is 0 Å². The molecule has 0 saturated carbocycles. The monoisotopic (exact) mass is 380 g/mol. The van der Waals surface area contributed by atoms with Crippen molar-refractivity contribution in [1.82, 2.24) is 4.72 Å². The summed E-state index contributed by atoms with van der Waals surface area (Å²) < 4.78 is 26.6. The molecule has 0 radical (unpaired) electrons. The molecule has 2 aromatic carbocycles. The Labute approximate surface area is 153 Å². The van der Waals surface area contributed by atoms with Gasteiger partial charge in [0.2, 0.25) is 10.0 Å². The molecule has 0 atom stereocenters. The fraction of sp³-hybridized carbons (Fsp3) is 0.278. The first-order valence-corrected chi connectivity index (χ1v) is 9.78. The third-order valence-electron chi connectivity index (χ3n) is 3.64. The molecular weight excluding hydrogens is 360 g/mol. The summed E-state index contributed by atoms with van der Waals surface area (Å²) in [6.45, 7) is 6.05. The van der Waals surface area contributed by atoms with Gasteiger partial charge < -0.3 is 5.32 Å². The van der Waals surface area contributed by atoms with E-state index in [0.717, 1.165) is 11.1 Å². The quantitative estimate of drug-likeness (QED) is 0.798. The first kappa shape index (κ1) is 19.4. The standard InChI is InChI=1S/C18H21ClN2O3S/c1-4-9-20-25(23,24)15-7-5-14(6-8-15)18(22)21-17-13(3)10-12(2)11-16(17)19/h5-8,10-11,20H,4,9H2,1-3H3,(H,21,22). The molecule has 0 heterocycles. The summed E-state index contributed by atoms with van der Waals surface area (Å²) in [5, 5.41) is 3.25. The number of hydrogen-bond donors (Lipinski definition) is 2. The van der Waals surface area contributed by atoms with Gasteiger partial charge in [-0.25, -0.2) is 13.1 Å². The lowest BCUT2D eigenvalue weighted by molar-refractivity contribution is 0.102. The number of sulfonamides is 1. The second-order valence-corrected chi connectivity index (χ2v) is 7.99. The number of halogens is 1. The van der Waals surface area contributed by atoms with Crippen molar-refractivity contribution < 1.29 is 13.2 Å². The van der Waals surface area contributed by atoms with E-state index < -0.39 is 10.0 Å². The van der Waals surface area contributed by atoms with Crippen LogP contribution in [-0.4, -0.2) is 20.9 Å². The van der Waals surface area contributed by atoms with Crippen LogP contribution in [0.25, 0.3) is 0 Å². The molecule has 0 aromatic heterocycles. The second-order valence-electron chi connectivity index (χ2n) is 5.81. The van der Waals surface area contributed by atoms with E-state index in [1.165, 1.54) is 24.3 Å². The first-order chi connectivity index (χ1) is 11.7. The van der Waals surface area contributed by atoms with Crippen LogP contribution >= 0.6 is 11.6 Å². The lowest BCUT2D eigenvalue weighted by Gasteiger charge is -2.12. The minimum atomic E-state index is -3.54. The zero-order valence-corrected chi connectivity index (χ0v) is 16.0. The van der Waals surface area contributed by atoms with Gasteiger partial charge in [0, 0.05) is 12.1 Å². The zero-order valence-electron chi connectivity index (χ0n) is 14.4. The highest BCUT2D eigenvalue weighted by Gasteiger charge is 2.15. The van der Waals surface area contributed by atoms with Gasteiger partial charge in [0.25, 0.3) is 5.91 Å². The maximum atomic E-state index is 12.4. The molecule has 0 saturated heterocycles. The van der Waals surface area contributed by atoms with Gasteiger partial charge in [-0.3, -0.25) is 4.79 Å². The lowest BCUT2D eigenvalue weighted by Crippen LogP contribution is -2.24. The molecule has 5 nitrogen and oxygen atoms in total. The number of amides is 1. The van der Waals surface area contributed by atoms with Crippen LogP contribution in [0, 0.1) is 13.8 Å². The molecule has 1 amide bonds. The fourth-order valence-electron chi connectivity index (χ4n) is 2.36. The third kappa shape index (κ3) is 4.81. The molecular formula is C18H21ClN2O3S. The molecule has 134 valence electrons. The molecule has 0 bridgehead atoms. The number of carbonyl (C=O) groups is 1. The van der Waals surface area contributed by atoms with Crippen molar-refractivity contribution in [2.75, 3.05) is 11.9 Å². The van der Waals surface area contributed by atoms with Crippen LogP contribution in [0.4, 0.5) is 5.69 Å².